The van der Waals surface area contributed by atoms with Gasteiger partial charge in [0.2, 0.25) is 5.88 Å². The fourth-order valence-corrected chi connectivity index (χ4v) is 4.88. The summed E-state index contributed by atoms with van der Waals surface area (Å²) in [6.07, 6.45) is 0. The summed E-state index contributed by atoms with van der Waals surface area (Å²) in [4.78, 5) is 17.4. The minimum Gasteiger partial charge on any atom is -0.466 e. The largest absolute Gasteiger partial charge is 0.466 e. The third-order valence-electron chi connectivity index (χ3n) is 5.60. The maximum Gasteiger partial charge on any atom is 0.338 e. The SMILES string of the molecule is COC(=O)C1=C(CSc2nc(C)cc(C)c2C#N)OC(N)=C(C#N)C1c1ccc(C(C)C)cc1. The first-order valence-corrected chi connectivity index (χ1v) is 11.7. The Hall–Kier alpha value is -3.75. The fourth-order valence-electron chi connectivity index (χ4n) is 3.84. The molecule has 2 N–H and O–H groups in total. The van der Waals surface area contributed by atoms with Crippen LogP contribution in [0.1, 0.15) is 53.6 Å². The van der Waals surface area contributed by atoms with Gasteiger partial charge in [-0.15, -0.1) is 0 Å². The van der Waals surface area contributed by atoms with Crippen molar-refractivity contribution in [2.75, 3.05) is 12.9 Å². The van der Waals surface area contributed by atoms with Gasteiger partial charge in [0.15, 0.2) is 0 Å². The lowest BCUT2D eigenvalue weighted by atomic mass is 9.82. The number of methoxy groups -OCH3 is 1. The third-order valence-corrected chi connectivity index (χ3v) is 6.58. The second-order valence-corrected chi connectivity index (χ2v) is 9.20. The van der Waals surface area contributed by atoms with E-state index in [4.69, 9.17) is 15.2 Å². The van der Waals surface area contributed by atoms with Crippen LogP contribution in [-0.2, 0) is 14.3 Å². The maximum atomic E-state index is 12.9. The molecule has 8 heteroatoms. The predicted molar refractivity (Wildman–Crippen MR) is 129 cm³/mol. The molecule has 1 unspecified atom stereocenters. The molecule has 0 amide bonds. The number of hydrogen-bond donors (Lipinski definition) is 1. The minimum absolute atomic E-state index is 0.0578. The van der Waals surface area contributed by atoms with Crippen molar-refractivity contribution in [3.05, 3.63) is 81.1 Å². The van der Waals surface area contributed by atoms with Gasteiger partial charge in [0, 0.05) is 5.69 Å². The Morgan fingerprint density at radius 1 is 1.24 bits per heavy atom. The van der Waals surface area contributed by atoms with Crippen LogP contribution < -0.4 is 5.73 Å². The molecule has 3 rings (SSSR count). The van der Waals surface area contributed by atoms with Crippen molar-refractivity contribution in [3.8, 4) is 12.1 Å². The van der Waals surface area contributed by atoms with Crippen LogP contribution >= 0.6 is 11.8 Å². The van der Waals surface area contributed by atoms with E-state index in [-0.39, 0.29) is 28.5 Å². The number of rotatable bonds is 6. The Labute approximate surface area is 203 Å². The summed E-state index contributed by atoms with van der Waals surface area (Å²) in [5.74, 6) is -0.612. The van der Waals surface area contributed by atoms with E-state index >= 15 is 0 Å². The van der Waals surface area contributed by atoms with Gasteiger partial charge >= 0.3 is 5.97 Å². The molecule has 1 atom stereocenters. The average molecular weight is 475 g/mol. The lowest BCUT2D eigenvalue weighted by Gasteiger charge is -2.28. The topological polar surface area (TPSA) is 122 Å². The van der Waals surface area contributed by atoms with E-state index in [0.717, 1.165) is 22.4 Å². The number of aromatic nitrogens is 1. The zero-order valence-electron chi connectivity index (χ0n) is 19.8. The normalized spacial score (nSPS) is 15.6. The molecule has 0 bridgehead atoms. The van der Waals surface area contributed by atoms with Gasteiger partial charge < -0.3 is 15.2 Å². The minimum atomic E-state index is -0.731. The summed E-state index contributed by atoms with van der Waals surface area (Å²) in [5.41, 5.74) is 10.4. The van der Waals surface area contributed by atoms with E-state index in [1.165, 1.54) is 18.9 Å². The molecule has 0 saturated heterocycles. The van der Waals surface area contributed by atoms with Crippen LogP contribution in [0, 0.1) is 36.5 Å². The highest BCUT2D eigenvalue weighted by Gasteiger charge is 2.37. The van der Waals surface area contributed by atoms with Gasteiger partial charge in [0.1, 0.15) is 28.5 Å². The molecule has 1 aromatic heterocycles. The maximum absolute atomic E-state index is 12.9. The number of thioether (sulfide) groups is 1. The Morgan fingerprint density at radius 3 is 2.47 bits per heavy atom. The van der Waals surface area contributed by atoms with Gasteiger partial charge in [0.05, 0.1) is 29.9 Å². The molecule has 0 saturated carbocycles. The number of hydrogen-bond acceptors (Lipinski definition) is 8. The number of carbonyl (C=O) groups excluding carboxylic acids is 1. The highest BCUT2D eigenvalue weighted by molar-refractivity contribution is 7.99. The molecule has 1 aliphatic heterocycles. The first-order valence-electron chi connectivity index (χ1n) is 10.7. The molecule has 2 aromatic rings. The van der Waals surface area contributed by atoms with E-state index < -0.39 is 11.9 Å². The van der Waals surface area contributed by atoms with Gasteiger partial charge in [-0.2, -0.15) is 10.5 Å². The Bertz CT molecular complexity index is 1260. The second kappa shape index (κ2) is 10.5. The summed E-state index contributed by atoms with van der Waals surface area (Å²) >= 11 is 1.27. The van der Waals surface area contributed by atoms with Crippen molar-refractivity contribution in [3.63, 3.8) is 0 Å². The quantitative estimate of drug-likeness (QED) is 0.471. The van der Waals surface area contributed by atoms with Crippen LogP contribution in [0.25, 0.3) is 0 Å². The van der Waals surface area contributed by atoms with E-state index in [9.17, 15) is 15.3 Å². The number of allylic oxidation sites excluding steroid dienone is 1. The van der Waals surface area contributed by atoms with Crippen molar-refractivity contribution in [1.82, 2.24) is 4.98 Å². The van der Waals surface area contributed by atoms with Crippen LogP contribution in [0.15, 0.2) is 58.1 Å². The van der Waals surface area contributed by atoms with Crippen LogP contribution in [0.4, 0.5) is 0 Å². The highest BCUT2D eigenvalue weighted by Crippen LogP contribution is 2.41. The molecular weight excluding hydrogens is 448 g/mol. The number of esters is 1. The molecule has 1 aromatic carbocycles. The van der Waals surface area contributed by atoms with Crippen LogP contribution in [-0.4, -0.2) is 23.8 Å². The smallest absolute Gasteiger partial charge is 0.338 e. The Balaban J connectivity index is 2.10. The number of pyridine rings is 1. The molecule has 174 valence electrons. The number of carbonyl (C=O) groups is 1. The molecule has 1 aliphatic rings. The number of aryl methyl sites for hydroxylation is 2. The van der Waals surface area contributed by atoms with Crippen LogP contribution in [0.3, 0.4) is 0 Å². The molecule has 0 aliphatic carbocycles. The zero-order valence-corrected chi connectivity index (χ0v) is 20.6. The Kier molecular flexibility index (Phi) is 7.65. The van der Waals surface area contributed by atoms with Crippen molar-refractivity contribution in [1.29, 1.82) is 10.5 Å². The number of nitrogens with zero attached hydrogens (tertiary/aromatic N) is 3. The standard InChI is InChI=1S/C26H26N4O3S/c1-14(2)17-6-8-18(9-7-17)22-20(12-28)24(29)33-21(23(22)26(31)32-5)13-34-25-19(11-27)15(3)10-16(4)30-25/h6-10,14,22H,13,29H2,1-5H3. The van der Waals surface area contributed by atoms with Crippen molar-refractivity contribution >= 4 is 17.7 Å². The van der Waals surface area contributed by atoms with Gasteiger partial charge in [-0.1, -0.05) is 49.9 Å². The lowest BCUT2D eigenvalue weighted by molar-refractivity contribution is -0.136. The third kappa shape index (κ3) is 4.93. The summed E-state index contributed by atoms with van der Waals surface area (Å²) in [5, 5.41) is 20.0. The summed E-state index contributed by atoms with van der Waals surface area (Å²) in [6.45, 7) is 7.89. The van der Waals surface area contributed by atoms with E-state index in [1.807, 2.05) is 44.2 Å². The van der Waals surface area contributed by atoms with E-state index in [1.54, 1.807) is 0 Å². The van der Waals surface area contributed by atoms with Crippen LogP contribution in [0.2, 0.25) is 0 Å². The number of nitriles is 2. The summed E-state index contributed by atoms with van der Waals surface area (Å²) < 4.78 is 10.8. The van der Waals surface area contributed by atoms with Gasteiger partial charge in [-0.3, -0.25) is 0 Å². The first kappa shape index (κ1) is 24.9. The average Bonchev–Trinajstić information content (AvgIpc) is 2.81. The molecule has 0 radical (unpaired) electrons. The number of ether oxygens (including phenoxy) is 2. The molecule has 34 heavy (non-hydrogen) atoms. The van der Waals surface area contributed by atoms with Crippen molar-refractivity contribution in [2.45, 2.75) is 44.6 Å². The number of nitrogens with two attached hydrogens (primary N) is 1. The van der Waals surface area contributed by atoms with Crippen molar-refractivity contribution < 1.29 is 14.3 Å². The molecule has 2 heterocycles. The van der Waals surface area contributed by atoms with E-state index in [2.05, 4.69) is 31.0 Å². The number of benzene rings is 1. The first-order chi connectivity index (χ1) is 16.2. The summed E-state index contributed by atoms with van der Waals surface area (Å²) in [7, 11) is 1.28. The van der Waals surface area contributed by atoms with E-state index in [0.29, 0.717) is 16.5 Å². The molecule has 0 spiro atoms. The molecule has 0 fully saturated rings. The molecule has 7 nitrogen and oxygen atoms in total. The van der Waals surface area contributed by atoms with Gasteiger partial charge in [-0.05, 0) is 42.5 Å². The monoisotopic (exact) mass is 474 g/mol. The van der Waals surface area contributed by atoms with Gasteiger partial charge in [0.25, 0.3) is 0 Å². The van der Waals surface area contributed by atoms with Gasteiger partial charge in [-0.25, -0.2) is 9.78 Å². The summed E-state index contributed by atoms with van der Waals surface area (Å²) in [6, 6.07) is 13.9. The van der Waals surface area contributed by atoms with Crippen LogP contribution in [0.5, 0.6) is 0 Å². The predicted octanol–water partition coefficient (Wildman–Crippen LogP) is 4.72. The van der Waals surface area contributed by atoms with Crippen molar-refractivity contribution in [2.24, 2.45) is 5.73 Å². The molecular formula is C26H26N4O3S. The fraction of sp³-hybridized carbons (Fsp3) is 0.308. The highest BCUT2D eigenvalue weighted by atomic mass is 32.2. The Morgan fingerprint density at radius 2 is 1.91 bits per heavy atom. The lowest BCUT2D eigenvalue weighted by Crippen LogP contribution is -2.26. The second-order valence-electron chi connectivity index (χ2n) is 8.24. The zero-order chi connectivity index (χ0) is 25.0.